The average Bonchev–Trinajstić information content (AvgIpc) is 2.37. The van der Waals surface area contributed by atoms with E-state index in [0.29, 0.717) is 19.5 Å². The molecule has 1 aromatic carbocycles. The van der Waals surface area contributed by atoms with E-state index < -0.39 is 12.0 Å². The zero-order valence-corrected chi connectivity index (χ0v) is 10.0. The molecule has 0 amide bonds. The molecule has 0 radical (unpaired) electrons. The number of benzene rings is 1. The lowest BCUT2D eigenvalue weighted by Gasteiger charge is -2.08. The van der Waals surface area contributed by atoms with Crippen molar-refractivity contribution in [2.75, 3.05) is 6.54 Å². The Hall–Kier alpha value is -2.08. The van der Waals surface area contributed by atoms with E-state index in [1.54, 1.807) is 0 Å². The normalized spacial score (nSPS) is 13.1. The van der Waals surface area contributed by atoms with E-state index in [9.17, 15) is 4.79 Å². The smallest absolute Gasteiger partial charge is 0.320 e. The minimum absolute atomic E-state index is 0.288. The third kappa shape index (κ3) is 5.31. The second-order valence-electron chi connectivity index (χ2n) is 3.85. The van der Waals surface area contributed by atoms with Crippen molar-refractivity contribution in [1.82, 2.24) is 5.32 Å². The summed E-state index contributed by atoms with van der Waals surface area (Å²) in [5.41, 5.74) is 12.0. The van der Waals surface area contributed by atoms with Crippen LogP contribution in [0.5, 0.6) is 0 Å². The van der Waals surface area contributed by atoms with Gasteiger partial charge in [-0.2, -0.15) is 0 Å². The lowest BCUT2D eigenvalue weighted by molar-refractivity contribution is -0.138. The number of nitrogens with zero attached hydrogens (tertiary/aromatic N) is 1. The number of nitrogens with one attached hydrogen (secondary N) is 1. The van der Waals surface area contributed by atoms with Gasteiger partial charge >= 0.3 is 5.97 Å². The van der Waals surface area contributed by atoms with Crippen LogP contribution in [0.25, 0.3) is 0 Å². The molecule has 0 heterocycles. The maximum absolute atomic E-state index is 10.5. The fourth-order valence-corrected chi connectivity index (χ4v) is 1.29. The molecule has 6 heteroatoms. The van der Waals surface area contributed by atoms with Crippen molar-refractivity contribution < 1.29 is 9.90 Å². The molecule has 0 aromatic heterocycles. The molecule has 1 atom stereocenters. The van der Waals surface area contributed by atoms with Crippen LogP contribution in [0.2, 0.25) is 0 Å². The monoisotopic (exact) mass is 250 g/mol. The lowest BCUT2D eigenvalue weighted by atomic mass is 10.2. The van der Waals surface area contributed by atoms with Crippen molar-refractivity contribution in [2.45, 2.75) is 19.0 Å². The highest BCUT2D eigenvalue weighted by molar-refractivity contribution is 5.78. The maximum atomic E-state index is 10.5. The SMILES string of the molecule is NC(=NCc1ccccc1)NCCC(N)C(=O)O. The molecule has 6 nitrogen and oxygen atoms in total. The third-order valence-corrected chi connectivity index (χ3v) is 2.35. The number of carbonyl (C=O) groups is 1. The van der Waals surface area contributed by atoms with Gasteiger partial charge in [0.25, 0.3) is 0 Å². The van der Waals surface area contributed by atoms with Crippen LogP contribution < -0.4 is 16.8 Å². The van der Waals surface area contributed by atoms with E-state index in [4.69, 9.17) is 16.6 Å². The minimum atomic E-state index is -1.02. The predicted molar refractivity (Wildman–Crippen MR) is 70.0 cm³/mol. The number of guanidine groups is 1. The standard InChI is InChI=1S/C12H18N4O2/c13-10(11(17)18)6-7-15-12(14)16-8-9-4-2-1-3-5-9/h1-5,10H,6-8,13H2,(H,17,18)(H3,14,15,16). The van der Waals surface area contributed by atoms with Gasteiger partial charge in [0.1, 0.15) is 6.04 Å². The average molecular weight is 250 g/mol. The minimum Gasteiger partial charge on any atom is -0.480 e. The van der Waals surface area contributed by atoms with E-state index in [0.717, 1.165) is 5.56 Å². The molecule has 0 bridgehead atoms. The Bertz CT molecular complexity index is 406. The summed E-state index contributed by atoms with van der Waals surface area (Å²) in [6.45, 7) is 0.877. The highest BCUT2D eigenvalue weighted by Gasteiger charge is 2.10. The lowest BCUT2D eigenvalue weighted by Crippen LogP contribution is -2.38. The van der Waals surface area contributed by atoms with Gasteiger partial charge in [-0.3, -0.25) is 4.79 Å². The van der Waals surface area contributed by atoms with Crippen molar-refractivity contribution in [3.63, 3.8) is 0 Å². The van der Waals surface area contributed by atoms with E-state index in [1.165, 1.54) is 0 Å². The molecule has 0 spiro atoms. The number of aliphatic carboxylic acids is 1. The number of hydrogen-bond acceptors (Lipinski definition) is 3. The Morgan fingerprint density at radius 3 is 2.67 bits per heavy atom. The number of aliphatic imine (C=N–C) groups is 1. The molecular formula is C12H18N4O2. The van der Waals surface area contributed by atoms with Gasteiger partial charge in [0.15, 0.2) is 5.96 Å². The summed E-state index contributed by atoms with van der Waals surface area (Å²) in [5.74, 6) is -0.729. The van der Waals surface area contributed by atoms with Crippen molar-refractivity contribution >= 4 is 11.9 Å². The molecule has 0 saturated heterocycles. The van der Waals surface area contributed by atoms with Gasteiger partial charge in [0.05, 0.1) is 6.54 Å². The number of hydrogen-bond donors (Lipinski definition) is 4. The molecule has 18 heavy (non-hydrogen) atoms. The van der Waals surface area contributed by atoms with E-state index >= 15 is 0 Å². The van der Waals surface area contributed by atoms with Gasteiger partial charge in [-0.15, -0.1) is 0 Å². The number of nitrogens with two attached hydrogens (primary N) is 2. The van der Waals surface area contributed by atoms with Gasteiger partial charge in [0, 0.05) is 6.54 Å². The fourth-order valence-electron chi connectivity index (χ4n) is 1.29. The Morgan fingerprint density at radius 1 is 1.39 bits per heavy atom. The molecular weight excluding hydrogens is 232 g/mol. The zero-order valence-electron chi connectivity index (χ0n) is 10.0. The molecule has 0 aliphatic carbocycles. The summed E-state index contributed by atoms with van der Waals surface area (Å²) in [5, 5.41) is 11.4. The predicted octanol–water partition coefficient (Wildman–Crippen LogP) is -0.107. The molecule has 0 fully saturated rings. The molecule has 1 aromatic rings. The van der Waals surface area contributed by atoms with Gasteiger partial charge in [0.2, 0.25) is 0 Å². The van der Waals surface area contributed by atoms with Crippen molar-refractivity contribution in [3.8, 4) is 0 Å². The van der Waals surface area contributed by atoms with Gasteiger partial charge in [-0.05, 0) is 12.0 Å². The quantitative estimate of drug-likeness (QED) is 0.415. The summed E-state index contributed by atoms with van der Waals surface area (Å²) >= 11 is 0. The Kier molecular flexibility index (Phi) is 5.66. The molecule has 1 unspecified atom stereocenters. The van der Waals surface area contributed by atoms with Crippen molar-refractivity contribution in [2.24, 2.45) is 16.5 Å². The largest absolute Gasteiger partial charge is 0.480 e. The van der Waals surface area contributed by atoms with Crippen LogP contribution in [0.1, 0.15) is 12.0 Å². The van der Waals surface area contributed by atoms with Gasteiger partial charge in [-0.25, -0.2) is 4.99 Å². The molecule has 98 valence electrons. The first-order chi connectivity index (χ1) is 8.59. The van der Waals surface area contributed by atoms with Crippen LogP contribution in [0.15, 0.2) is 35.3 Å². The zero-order chi connectivity index (χ0) is 13.4. The molecule has 6 N–H and O–H groups in total. The summed E-state index contributed by atoms with van der Waals surface area (Å²) in [6.07, 6.45) is 0.302. The number of rotatable bonds is 6. The Morgan fingerprint density at radius 2 is 2.06 bits per heavy atom. The highest BCUT2D eigenvalue weighted by atomic mass is 16.4. The number of carboxylic acid groups (broad SMARTS) is 1. The highest BCUT2D eigenvalue weighted by Crippen LogP contribution is 1.99. The van der Waals surface area contributed by atoms with Crippen molar-refractivity contribution in [3.05, 3.63) is 35.9 Å². The van der Waals surface area contributed by atoms with Crippen LogP contribution >= 0.6 is 0 Å². The van der Waals surface area contributed by atoms with E-state index in [-0.39, 0.29) is 5.96 Å². The molecule has 0 aliphatic rings. The van der Waals surface area contributed by atoms with Gasteiger partial charge in [-0.1, -0.05) is 30.3 Å². The van der Waals surface area contributed by atoms with Crippen LogP contribution in [0.4, 0.5) is 0 Å². The molecule has 1 rings (SSSR count). The Balaban J connectivity index is 2.28. The summed E-state index contributed by atoms with van der Waals surface area (Å²) in [4.78, 5) is 14.6. The van der Waals surface area contributed by atoms with Crippen molar-refractivity contribution in [1.29, 1.82) is 0 Å². The first-order valence-corrected chi connectivity index (χ1v) is 5.65. The van der Waals surface area contributed by atoms with Crippen LogP contribution in [-0.4, -0.2) is 29.6 Å². The first-order valence-electron chi connectivity index (χ1n) is 5.65. The van der Waals surface area contributed by atoms with Crippen LogP contribution in [-0.2, 0) is 11.3 Å². The summed E-state index contributed by atoms with van der Waals surface area (Å²) < 4.78 is 0. The van der Waals surface area contributed by atoms with Crippen LogP contribution in [0, 0.1) is 0 Å². The third-order valence-electron chi connectivity index (χ3n) is 2.35. The molecule has 0 aliphatic heterocycles. The van der Waals surface area contributed by atoms with Gasteiger partial charge < -0.3 is 21.9 Å². The van der Waals surface area contributed by atoms with E-state index in [2.05, 4.69) is 10.3 Å². The second-order valence-corrected chi connectivity index (χ2v) is 3.85. The second kappa shape index (κ2) is 7.29. The topological polar surface area (TPSA) is 114 Å². The Labute approximate surface area is 106 Å². The maximum Gasteiger partial charge on any atom is 0.320 e. The number of carboxylic acids is 1. The summed E-state index contributed by atoms with van der Waals surface area (Å²) in [7, 11) is 0. The van der Waals surface area contributed by atoms with Crippen LogP contribution in [0.3, 0.4) is 0 Å². The summed E-state index contributed by atoms with van der Waals surface area (Å²) in [6, 6.07) is 8.83. The van der Waals surface area contributed by atoms with E-state index in [1.807, 2.05) is 30.3 Å². The molecule has 0 saturated carbocycles. The fraction of sp³-hybridized carbons (Fsp3) is 0.333. The first kappa shape index (κ1) is 14.0.